The number of thioether (sulfide) groups is 1. The van der Waals surface area contributed by atoms with Crippen molar-refractivity contribution < 1.29 is 25.7 Å². The molecule has 0 bridgehead atoms. The van der Waals surface area contributed by atoms with E-state index in [-0.39, 0.29) is 9.79 Å². The molecule has 4 aromatic rings. The molecule has 15 heteroatoms. The largest absolute Gasteiger partial charge is 0.426 e. The van der Waals surface area contributed by atoms with Crippen molar-refractivity contribution in [3.05, 3.63) is 84.2 Å². The van der Waals surface area contributed by atoms with Crippen molar-refractivity contribution >= 4 is 31.8 Å². The van der Waals surface area contributed by atoms with E-state index in [0.717, 1.165) is 49.7 Å². The van der Waals surface area contributed by atoms with E-state index in [1.807, 2.05) is 0 Å². The highest BCUT2D eigenvalue weighted by Crippen LogP contribution is 2.47. The quantitative estimate of drug-likeness (QED) is 0.241. The van der Waals surface area contributed by atoms with Crippen LogP contribution in [0.15, 0.2) is 79.9 Å². The Morgan fingerprint density at radius 1 is 0.581 bits per heavy atom. The molecule has 2 fully saturated rings. The average molecular weight is 645 g/mol. The van der Waals surface area contributed by atoms with Gasteiger partial charge in [-0.05, 0) is 61.1 Å². The van der Waals surface area contributed by atoms with E-state index in [1.54, 1.807) is 48.5 Å². The van der Waals surface area contributed by atoms with E-state index in [9.17, 15) is 16.8 Å². The van der Waals surface area contributed by atoms with Gasteiger partial charge in [0.1, 0.15) is 10.5 Å². The topological polar surface area (TPSA) is 153 Å². The van der Waals surface area contributed by atoms with Gasteiger partial charge in [-0.3, -0.25) is 0 Å². The zero-order valence-corrected chi connectivity index (χ0v) is 25.8. The van der Waals surface area contributed by atoms with E-state index in [0.29, 0.717) is 38.0 Å². The molecule has 43 heavy (non-hydrogen) atoms. The first-order valence-electron chi connectivity index (χ1n) is 14.2. The lowest BCUT2D eigenvalue weighted by Crippen LogP contribution is -2.35. The fraction of sp³-hybridized carbons (Fsp3) is 0.429. The van der Waals surface area contributed by atoms with Crippen LogP contribution in [0.4, 0.5) is 0 Å². The molecule has 2 aliphatic rings. The van der Waals surface area contributed by atoms with Crippen LogP contribution in [0.25, 0.3) is 0 Å². The predicted octanol–water partition coefficient (Wildman–Crippen LogP) is 4.41. The highest BCUT2D eigenvalue weighted by molar-refractivity contribution is 8.00. The normalized spacial score (nSPS) is 18.8. The van der Waals surface area contributed by atoms with E-state index in [1.165, 1.54) is 33.2 Å². The van der Waals surface area contributed by atoms with E-state index in [2.05, 4.69) is 20.4 Å². The molecule has 4 heterocycles. The fourth-order valence-electron chi connectivity index (χ4n) is 5.42. The number of sulfonamides is 2. The minimum Gasteiger partial charge on any atom is -0.426 e. The maximum atomic E-state index is 13.2. The molecular formula is C28H32N6O6S3. The molecule has 2 aromatic heterocycles. The number of benzene rings is 2. The van der Waals surface area contributed by atoms with Gasteiger partial charge in [-0.2, -0.15) is 8.61 Å². The third-order valence-electron chi connectivity index (χ3n) is 7.75. The molecule has 2 saturated heterocycles. The minimum absolute atomic E-state index is 0.228. The van der Waals surface area contributed by atoms with Crippen molar-refractivity contribution in [1.82, 2.24) is 29.0 Å². The summed E-state index contributed by atoms with van der Waals surface area (Å²) in [7, 11) is -7.19. The van der Waals surface area contributed by atoms with Gasteiger partial charge in [0.2, 0.25) is 44.6 Å². The highest BCUT2D eigenvalue weighted by Gasteiger charge is 2.32. The summed E-state index contributed by atoms with van der Waals surface area (Å²) in [5.41, 5.74) is 1.47. The van der Waals surface area contributed by atoms with Gasteiger partial charge in [0, 0.05) is 26.2 Å². The van der Waals surface area contributed by atoms with Crippen molar-refractivity contribution in [2.24, 2.45) is 0 Å². The summed E-state index contributed by atoms with van der Waals surface area (Å²) < 4.78 is 67.2. The molecule has 0 aliphatic carbocycles. The van der Waals surface area contributed by atoms with Crippen molar-refractivity contribution in [2.75, 3.05) is 26.2 Å². The molecular weight excluding hydrogens is 613 g/mol. The van der Waals surface area contributed by atoms with Gasteiger partial charge >= 0.3 is 0 Å². The van der Waals surface area contributed by atoms with Crippen molar-refractivity contribution in [1.29, 1.82) is 0 Å². The summed E-state index contributed by atoms with van der Waals surface area (Å²) in [6.45, 7) is 2.09. The van der Waals surface area contributed by atoms with Gasteiger partial charge in [-0.25, -0.2) is 16.8 Å². The van der Waals surface area contributed by atoms with Crippen LogP contribution in [-0.2, 0) is 20.0 Å². The van der Waals surface area contributed by atoms with Gasteiger partial charge in [-0.15, -0.1) is 32.2 Å². The Morgan fingerprint density at radius 3 is 1.28 bits per heavy atom. The summed E-state index contributed by atoms with van der Waals surface area (Å²) in [5.74, 6) is 0.621. The number of piperidine rings is 2. The van der Waals surface area contributed by atoms with E-state index < -0.39 is 30.5 Å². The number of hydrogen-bond donors (Lipinski definition) is 0. The Bertz CT molecular complexity index is 1560. The van der Waals surface area contributed by atoms with Crippen molar-refractivity contribution in [3.8, 4) is 0 Å². The van der Waals surface area contributed by atoms with E-state index >= 15 is 0 Å². The van der Waals surface area contributed by atoms with Gasteiger partial charge in [0.25, 0.3) is 0 Å². The highest BCUT2D eigenvalue weighted by atomic mass is 32.2. The third kappa shape index (κ3) is 6.41. The zero-order valence-electron chi connectivity index (χ0n) is 23.4. The van der Waals surface area contributed by atoms with Crippen LogP contribution in [0.3, 0.4) is 0 Å². The van der Waals surface area contributed by atoms with Crippen LogP contribution >= 0.6 is 11.8 Å². The molecule has 2 atom stereocenters. The molecule has 2 aliphatic heterocycles. The maximum absolute atomic E-state index is 13.2. The lowest BCUT2D eigenvalue weighted by Gasteiger charge is -2.26. The first kappa shape index (κ1) is 29.9. The van der Waals surface area contributed by atoms with E-state index in [4.69, 9.17) is 8.83 Å². The summed E-state index contributed by atoms with van der Waals surface area (Å²) in [5, 5.41) is 15.0. The Kier molecular flexibility index (Phi) is 8.95. The number of rotatable bonds is 10. The SMILES string of the molecule is O=S(=O)(c1ccc(C(SC(c2ccc(S(=O)(=O)N3CCCCC3)cc2)c2nnco2)c2nnco2)cc1)N1CCCCC1. The summed E-state index contributed by atoms with van der Waals surface area (Å²) in [4.78, 5) is 0.456. The van der Waals surface area contributed by atoms with Gasteiger partial charge in [-0.1, -0.05) is 37.1 Å². The Labute approximate surface area is 255 Å². The number of hydrogen-bond acceptors (Lipinski definition) is 11. The van der Waals surface area contributed by atoms with Crippen molar-refractivity contribution in [2.45, 2.75) is 58.8 Å². The zero-order chi connectivity index (χ0) is 29.9. The minimum atomic E-state index is -3.59. The van der Waals surface area contributed by atoms with Crippen LogP contribution in [-0.4, -0.2) is 72.0 Å². The molecule has 2 unspecified atom stereocenters. The molecule has 228 valence electrons. The standard InChI is InChI=1S/C28H32N6O6S3/c35-42(36,33-15-3-1-4-16-33)23-11-7-21(8-12-23)25(27-31-29-19-39-27)41-26(28-32-30-20-40-28)22-9-13-24(14-10-22)43(37,38)34-17-5-2-6-18-34/h7-14,19-20,25-26H,1-6,15-18H2. The van der Waals surface area contributed by atoms with Gasteiger partial charge < -0.3 is 8.83 Å². The predicted molar refractivity (Wildman–Crippen MR) is 158 cm³/mol. The summed E-state index contributed by atoms with van der Waals surface area (Å²) >= 11 is 1.38. The van der Waals surface area contributed by atoms with Crippen LogP contribution in [0.2, 0.25) is 0 Å². The Balaban J connectivity index is 1.30. The monoisotopic (exact) mass is 644 g/mol. The molecule has 0 saturated carbocycles. The lowest BCUT2D eigenvalue weighted by molar-refractivity contribution is 0.346. The maximum Gasteiger partial charge on any atom is 0.243 e. The Morgan fingerprint density at radius 2 is 0.953 bits per heavy atom. The van der Waals surface area contributed by atoms with Gasteiger partial charge in [0.05, 0.1) is 9.79 Å². The molecule has 0 radical (unpaired) electrons. The second-order valence-electron chi connectivity index (χ2n) is 10.5. The first-order valence-corrected chi connectivity index (χ1v) is 18.0. The fourth-order valence-corrected chi connectivity index (χ4v) is 9.80. The van der Waals surface area contributed by atoms with Crippen LogP contribution in [0.1, 0.15) is 71.9 Å². The molecule has 12 nitrogen and oxygen atoms in total. The molecule has 0 amide bonds. The lowest BCUT2D eigenvalue weighted by atomic mass is 10.1. The second kappa shape index (κ2) is 12.9. The average Bonchev–Trinajstić information content (AvgIpc) is 3.78. The third-order valence-corrected chi connectivity index (χ3v) is 13.1. The first-order chi connectivity index (χ1) is 20.8. The van der Waals surface area contributed by atoms with Gasteiger partial charge in [0.15, 0.2) is 0 Å². The van der Waals surface area contributed by atoms with Crippen LogP contribution in [0, 0.1) is 0 Å². The van der Waals surface area contributed by atoms with Crippen LogP contribution < -0.4 is 0 Å². The smallest absolute Gasteiger partial charge is 0.243 e. The molecule has 0 spiro atoms. The van der Waals surface area contributed by atoms with Crippen LogP contribution in [0.5, 0.6) is 0 Å². The summed E-state index contributed by atoms with van der Waals surface area (Å²) in [6, 6.07) is 13.4. The number of aromatic nitrogens is 4. The Hall–Kier alpha value is -3.11. The molecule has 0 N–H and O–H groups in total. The summed E-state index contributed by atoms with van der Waals surface area (Å²) in [6.07, 6.45) is 7.97. The molecule has 2 aromatic carbocycles. The molecule has 6 rings (SSSR count). The number of nitrogens with zero attached hydrogens (tertiary/aromatic N) is 6. The second-order valence-corrected chi connectivity index (χ2v) is 15.6. The van der Waals surface area contributed by atoms with Crippen molar-refractivity contribution in [3.63, 3.8) is 0 Å².